The zero-order chi connectivity index (χ0) is 21.5. The van der Waals surface area contributed by atoms with Gasteiger partial charge in [-0.15, -0.1) is 0 Å². The van der Waals surface area contributed by atoms with Crippen molar-refractivity contribution >= 4 is 22.6 Å². The molecule has 0 fully saturated rings. The average Bonchev–Trinajstić information content (AvgIpc) is 2.76. The summed E-state index contributed by atoms with van der Waals surface area (Å²) >= 11 is 0. The lowest BCUT2D eigenvalue weighted by atomic mass is 10.0. The van der Waals surface area contributed by atoms with E-state index in [2.05, 4.69) is 10.4 Å². The summed E-state index contributed by atoms with van der Waals surface area (Å²) in [6.07, 6.45) is 1.62. The number of rotatable bonds is 8. The molecule has 0 aliphatic heterocycles. The molecule has 1 aromatic heterocycles. The molecule has 8 heteroatoms. The van der Waals surface area contributed by atoms with Crippen molar-refractivity contribution in [3.8, 4) is 0 Å². The van der Waals surface area contributed by atoms with Crippen LogP contribution in [0.5, 0.6) is 0 Å². The van der Waals surface area contributed by atoms with Gasteiger partial charge in [0, 0.05) is 0 Å². The summed E-state index contributed by atoms with van der Waals surface area (Å²) in [7, 11) is 0. The number of aromatic nitrogens is 2. The number of nitrogens with one attached hydrogen (secondary N) is 2. The lowest BCUT2D eigenvalue weighted by Crippen LogP contribution is -2.35. The zero-order valence-corrected chi connectivity index (χ0v) is 16.6. The second-order valence-corrected chi connectivity index (χ2v) is 6.86. The highest BCUT2D eigenvalue weighted by atomic mass is 16.5. The Morgan fingerprint density at radius 1 is 1.03 bits per heavy atom. The van der Waals surface area contributed by atoms with Crippen molar-refractivity contribution in [2.24, 2.45) is 0 Å². The lowest BCUT2D eigenvalue weighted by Gasteiger charge is -2.18. The van der Waals surface area contributed by atoms with Crippen molar-refractivity contribution in [2.45, 2.75) is 32.4 Å². The van der Waals surface area contributed by atoms with E-state index < -0.39 is 36.1 Å². The predicted molar refractivity (Wildman–Crippen MR) is 112 cm³/mol. The van der Waals surface area contributed by atoms with E-state index in [9.17, 15) is 19.2 Å². The van der Waals surface area contributed by atoms with Gasteiger partial charge < -0.3 is 10.1 Å². The third-order valence-corrected chi connectivity index (χ3v) is 4.65. The molecule has 0 saturated heterocycles. The second-order valence-electron chi connectivity index (χ2n) is 6.86. The number of hydrogen-bond acceptors (Lipinski definition) is 5. The van der Waals surface area contributed by atoms with E-state index in [1.54, 1.807) is 12.1 Å². The van der Waals surface area contributed by atoms with Crippen LogP contribution in [-0.2, 0) is 20.9 Å². The molecule has 1 atom stereocenters. The number of benzene rings is 2. The quantitative estimate of drug-likeness (QED) is 0.552. The van der Waals surface area contributed by atoms with Gasteiger partial charge in [-0.3, -0.25) is 24.3 Å². The molecule has 2 aromatic carbocycles. The molecule has 0 saturated carbocycles. The first-order chi connectivity index (χ1) is 14.5. The average molecular weight is 409 g/mol. The highest BCUT2D eigenvalue weighted by molar-refractivity contribution is 5.82. The normalized spacial score (nSPS) is 11.8. The molecule has 0 bridgehead atoms. The monoisotopic (exact) mass is 409 g/mol. The van der Waals surface area contributed by atoms with Crippen molar-refractivity contribution in [1.82, 2.24) is 15.1 Å². The van der Waals surface area contributed by atoms with Gasteiger partial charge in [0.1, 0.15) is 6.54 Å². The largest absolute Gasteiger partial charge is 0.454 e. The molecule has 0 spiro atoms. The number of carbonyl (C=O) groups excluding carboxylic acids is 2. The van der Waals surface area contributed by atoms with Crippen molar-refractivity contribution in [1.29, 1.82) is 0 Å². The fourth-order valence-corrected chi connectivity index (χ4v) is 3.21. The van der Waals surface area contributed by atoms with Gasteiger partial charge in [0.15, 0.2) is 6.61 Å². The first-order valence-corrected chi connectivity index (χ1v) is 9.71. The van der Waals surface area contributed by atoms with Crippen LogP contribution in [0.25, 0.3) is 10.8 Å². The Morgan fingerprint density at radius 3 is 2.40 bits per heavy atom. The molecule has 2 N–H and O–H groups in total. The van der Waals surface area contributed by atoms with Crippen LogP contribution in [0.3, 0.4) is 0 Å². The number of ether oxygens (including phenoxy) is 1. The summed E-state index contributed by atoms with van der Waals surface area (Å²) < 4.78 is 5.88. The Kier molecular flexibility index (Phi) is 6.79. The second kappa shape index (κ2) is 9.69. The molecule has 0 aliphatic rings. The fraction of sp³-hybridized carbons (Fsp3) is 0.273. The van der Waals surface area contributed by atoms with Crippen molar-refractivity contribution in [3.63, 3.8) is 0 Å². The maximum absolute atomic E-state index is 12.4. The predicted octanol–water partition coefficient (Wildman–Crippen LogP) is 1.89. The number of fused-ring (bicyclic) bond motifs is 1. The topological polar surface area (TPSA) is 110 Å². The number of nitrogens with zero attached hydrogens (tertiary/aromatic N) is 1. The van der Waals surface area contributed by atoms with Crippen molar-refractivity contribution < 1.29 is 14.3 Å². The van der Waals surface area contributed by atoms with Gasteiger partial charge >= 0.3 is 5.97 Å². The zero-order valence-electron chi connectivity index (χ0n) is 16.6. The number of esters is 1. The van der Waals surface area contributed by atoms with Crippen LogP contribution in [0.1, 0.15) is 31.4 Å². The molecule has 1 heterocycles. The lowest BCUT2D eigenvalue weighted by molar-refractivity contribution is -0.149. The number of amides is 1. The molecule has 0 unspecified atom stereocenters. The maximum Gasteiger partial charge on any atom is 0.328 e. The van der Waals surface area contributed by atoms with Crippen molar-refractivity contribution in [2.75, 3.05) is 6.61 Å². The van der Waals surface area contributed by atoms with Gasteiger partial charge in [-0.05, 0) is 24.1 Å². The van der Waals surface area contributed by atoms with Crippen LogP contribution in [0.2, 0.25) is 0 Å². The van der Waals surface area contributed by atoms with Crippen LogP contribution in [-0.4, -0.2) is 28.3 Å². The van der Waals surface area contributed by atoms with Gasteiger partial charge in [0.2, 0.25) is 0 Å². The third-order valence-electron chi connectivity index (χ3n) is 4.65. The highest BCUT2D eigenvalue weighted by Crippen LogP contribution is 2.17. The first kappa shape index (κ1) is 21.0. The minimum absolute atomic E-state index is 0.179. The minimum atomic E-state index is -0.801. The van der Waals surface area contributed by atoms with Crippen LogP contribution < -0.4 is 16.4 Å². The standard InChI is InChI=1S/C22H23N3O5/c1-2-8-18(15-9-4-3-5-10-15)23-19(26)14-30-20(27)13-25-22(29)17-12-7-6-11-16(17)21(28)24-25/h3-7,9-12,18H,2,8,13-14H2,1H3,(H,23,26)(H,24,28)/t18-/m1/s1. The fourth-order valence-electron chi connectivity index (χ4n) is 3.21. The summed E-state index contributed by atoms with van der Waals surface area (Å²) in [6.45, 7) is 1.05. The molecular weight excluding hydrogens is 386 g/mol. The van der Waals surface area contributed by atoms with Gasteiger partial charge in [0.25, 0.3) is 17.0 Å². The molecule has 30 heavy (non-hydrogen) atoms. The summed E-state index contributed by atoms with van der Waals surface area (Å²) in [4.78, 5) is 48.9. The summed E-state index contributed by atoms with van der Waals surface area (Å²) in [5, 5.41) is 5.66. The van der Waals surface area contributed by atoms with Crippen LogP contribution in [0.4, 0.5) is 0 Å². The number of aromatic amines is 1. The van der Waals surface area contributed by atoms with Gasteiger partial charge in [-0.25, -0.2) is 4.68 Å². The Bertz CT molecular complexity index is 1150. The Balaban J connectivity index is 1.61. The smallest absolute Gasteiger partial charge is 0.328 e. The molecule has 0 aliphatic carbocycles. The molecule has 0 radical (unpaired) electrons. The Hall–Kier alpha value is -3.68. The molecular formula is C22H23N3O5. The maximum atomic E-state index is 12.4. The van der Waals surface area contributed by atoms with E-state index in [-0.39, 0.29) is 16.8 Å². The third kappa shape index (κ3) is 5.02. The minimum Gasteiger partial charge on any atom is -0.454 e. The van der Waals surface area contributed by atoms with Gasteiger partial charge in [-0.1, -0.05) is 55.8 Å². The highest BCUT2D eigenvalue weighted by Gasteiger charge is 2.16. The number of carbonyl (C=O) groups is 2. The Labute approximate surface area is 172 Å². The number of hydrogen-bond donors (Lipinski definition) is 2. The van der Waals surface area contributed by atoms with Gasteiger partial charge in [0.05, 0.1) is 16.8 Å². The van der Waals surface area contributed by atoms with Crippen LogP contribution in [0, 0.1) is 0 Å². The number of H-pyrrole nitrogens is 1. The summed E-state index contributed by atoms with van der Waals surface area (Å²) in [5.74, 6) is -1.24. The molecule has 3 rings (SSSR count). The van der Waals surface area contributed by atoms with E-state index in [0.29, 0.717) is 0 Å². The first-order valence-electron chi connectivity index (χ1n) is 9.71. The van der Waals surface area contributed by atoms with Gasteiger partial charge in [-0.2, -0.15) is 0 Å². The van der Waals surface area contributed by atoms with E-state index in [1.165, 1.54) is 12.1 Å². The molecule has 3 aromatic rings. The van der Waals surface area contributed by atoms with Crippen LogP contribution >= 0.6 is 0 Å². The summed E-state index contributed by atoms with van der Waals surface area (Å²) in [5.41, 5.74) is -0.0287. The van der Waals surface area contributed by atoms with Crippen molar-refractivity contribution in [3.05, 3.63) is 80.9 Å². The Morgan fingerprint density at radius 2 is 1.70 bits per heavy atom. The van der Waals surface area contributed by atoms with E-state index in [1.807, 2.05) is 37.3 Å². The van der Waals surface area contributed by atoms with E-state index >= 15 is 0 Å². The van der Waals surface area contributed by atoms with E-state index in [0.717, 1.165) is 23.1 Å². The molecule has 8 nitrogen and oxygen atoms in total. The van der Waals surface area contributed by atoms with Crippen LogP contribution in [0.15, 0.2) is 64.2 Å². The SMILES string of the molecule is CCC[C@@H](NC(=O)COC(=O)Cn1[nH]c(=O)c2ccccc2c1=O)c1ccccc1. The summed E-state index contributed by atoms with van der Waals surface area (Å²) in [6, 6.07) is 15.7. The molecule has 1 amide bonds. The van der Waals surface area contributed by atoms with E-state index in [4.69, 9.17) is 4.74 Å². The molecule has 156 valence electrons.